The number of nitrogens with one attached hydrogen (secondary N) is 3. The van der Waals surface area contributed by atoms with Gasteiger partial charge in [0.1, 0.15) is 0 Å². The van der Waals surface area contributed by atoms with Crippen molar-refractivity contribution in [2.75, 3.05) is 23.7 Å². The van der Waals surface area contributed by atoms with Gasteiger partial charge in [0.2, 0.25) is 5.91 Å². The van der Waals surface area contributed by atoms with Crippen LogP contribution >= 0.6 is 0 Å². The summed E-state index contributed by atoms with van der Waals surface area (Å²) in [6.45, 7) is 3.61. The lowest BCUT2D eigenvalue weighted by Crippen LogP contribution is -2.24. The number of amides is 2. The Labute approximate surface area is 141 Å². The van der Waals surface area contributed by atoms with Gasteiger partial charge in [-0.25, -0.2) is 0 Å². The van der Waals surface area contributed by atoms with Crippen molar-refractivity contribution < 1.29 is 9.59 Å². The molecule has 0 saturated carbocycles. The molecule has 0 radical (unpaired) electrons. The third kappa shape index (κ3) is 4.00. The predicted octanol–water partition coefficient (Wildman–Crippen LogP) is 2.80. The van der Waals surface area contributed by atoms with Crippen molar-refractivity contribution in [2.24, 2.45) is 5.92 Å². The average molecular weight is 323 g/mol. The van der Waals surface area contributed by atoms with Crippen molar-refractivity contribution in [1.29, 1.82) is 0 Å². The minimum Gasteiger partial charge on any atom is -0.326 e. The molecule has 2 aromatic carbocycles. The number of rotatable bonds is 4. The molecule has 2 amide bonds. The number of hydrogen-bond donors (Lipinski definition) is 3. The quantitative estimate of drug-likeness (QED) is 0.810. The van der Waals surface area contributed by atoms with Crippen molar-refractivity contribution in [3.63, 3.8) is 0 Å². The van der Waals surface area contributed by atoms with Crippen LogP contribution in [0.3, 0.4) is 0 Å². The van der Waals surface area contributed by atoms with Crippen LogP contribution in [0.25, 0.3) is 0 Å². The first-order valence-corrected chi connectivity index (χ1v) is 8.11. The highest BCUT2D eigenvalue weighted by atomic mass is 16.2. The lowest BCUT2D eigenvalue weighted by atomic mass is 10.1. The third-order valence-electron chi connectivity index (χ3n) is 4.16. The molecule has 1 saturated heterocycles. The molecule has 124 valence electrons. The van der Waals surface area contributed by atoms with Crippen LogP contribution in [0.2, 0.25) is 0 Å². The highest BCUT2D eigenvalue weighted by molar-refractivity contribution is 6.04. The molecule has 0 unspecified atom stereocenters. The monoisotopic (exact) mass is 323 g/mol. The second-order valence-corrected chi connectivity index (χ2v) is 6.08. The van der Waals surface area contributed by atoms with Gasteiger partial charge in [0.25, 0.3) is 5.91 Å². The molecule has 1 aliphatic rings. The summed E-state index contributed by atoms with van der Waals surface area (Å²) < 4.78 is 0. The largest absolute Gasteiger partial charge is 0.326 e. The van der Waals surface area contributed by atoms with Gasteiger partial charge in [-0.3, -0.25) is 9.59 Å². The Bertz CT molecular complexity index is 717. The molecule has 5 heteroatoms. The number of benzene rings is 2. The van der Waals surface area contributed by atoms with Crippen LogP contribution in [0, 0.1) is 12.8 Å². The zero-order valence-corrected chi connectivity index (χ0v) is 13.6. The highest BCUT2D eigenvalue weighted by Crippen LogP contribution is 2.17. The minimum atomic E-state index is -0.149. The number of carbonyl (C=O) groups is 2. The summed E-state index contributed by atoms with van der Waals surface area (Å²) in [4.78, 5) is 24.2. The first-order chi connectivity index (χ1) is 11.6. The number of hydrogen-bond acceptors (Lipinski definition) is 3. The Morgan fingerprint density at radius 2 is 1.58 bits per heavy atom. The lowest BCUT2D eigenvalue weighted by molar-refractivity contribution is -0.119. The zero-order chi connectivity index (χ0) is 16.9. The van der Waals surface area contributed by atoms with E-state index in [1.165, 1.54) is 0 Å². The van der Waals surface area contributed by atoms with Crippen LogP contribution in [0.4, 0.5) is 11.4 Å². The summed E-state index contributed by atoms with van der Waals surface area (Å²) >= 11 is 0. The molecule has 3 N–H and O–H groups in total. The Morgan fingerprint density at radius 3 is 2.17 bits per heavy atom. The molecule has 1 heterocycles. The van der Waals surface area contributed by atoms with Crippen molar-refractivity contribution in [3.8, 4) is 0 Å². The normalized spacial score (nSPS) is 16.6. The van der Waals surface area contributed by atoms with E-state index in [2.05, 4.69) is 16.0 Å². The van der Waals surface area contributed by atoms with E-state index in [1.807, 2.05) is 19.1 Å². The molecule has 3 rings (SSSR count). The number of carbonyl (C=O) groups excluding carboxylic acids is 2. The SMILES string of the molecule is Cc1ccc(C(=O)Nc2ccc(NC(=O)[C@@H]3CCNC3)cc2)cc1. The van der Waals surface area contributed by atoms with Crippen LogP contribution < -0.4 is 16.0 Å². The van der Waals surface area contributed by atoms with E-state index >= 15 is 0 Å². The van der Waals surface area contributed by atoms with E-state index in [9.17, 15) is 9.59 Å². The summed E-state index contributed by atoms with van der Waals surface area (Å²) in [6, 6.07) is 14.6. The van der Waals surface area contributed by atoms with Crippen molar-refractivity contribution >= 4 is 23.2 Å². The van der Waals surface area contributed by atoms with Gasteiger partial charge >= 0.3 is 0 Å². The van der Waals surface area contributed by atoms with Gasteiger partial charge in [0.05, 0.1) is 5.92 Å². The Morgan fingerprint density at radius 1 is 0.958 bits per heavy atom. The molecule has 0 bridgehead atoms. The molecular formula is C19H21N3O2. The summed E-state index contributed by atoms with van der Waals surface area (Å²) in [5.41, 5.74) is 3.16. The van der Waals surface area contributed by atoms with Crippen molar-refractivity contribution in [1.82, 2.24) is 5.32 Å². The number of aryl methyl sites for hydroxylation is 1. The Kier molecular flexibility index (Phi) is 4.91. The smallest absolute Gasteiger partial charge is 0.255 e. The van der Waals surface area contributed by atoms with Gasteiger partial charge in [-0.1, -0.05) is 17.7 Å². The van der Waals surface area contributed by atoms with E-state index in [0.29, 0.717) is 11.3 Å². The van der Waals surface area contributed by atoms with Gasteiger partial charge in [-0.05, 0) is 56.3 Å². The lowest BCUT2D eigenvalue weighted by Gasteiger charge is -2.11. The maximum absolute atomic E-state index is 12.2. The molecule has 5 nitrogen and oxygen atoms in total. The van der Waals surface area contributed by atoms with Crippen molar-refractivity contribution in [3.05, 3.63) is 59.7 Å². The van der Waals surface area contributed by atoms with Crippen LogP contribution in [0.1, 0.15) is 22.3 Å². The predicted molar refractivity (Wildman–Crippen MR) is 95.2 cm³/mol. The zero-order valence-electron chi connectivity index (χ0n) is 13.6. The molecule has 1 fully saturated rings. The minimum absolute atomic E-state index is 0.0333. The molecular weight excluding hydrogens is 302 g/mol. The fraction of sp³-hybridized carbons (Fsp3) is 0.263. The number of anilines is 2. The van der Waals surface area contributed by atoms with Crippen LogP contribution in [0.15, 0.2) is 48.5 Å². The summed E-state index contributed by atoms with van der Waals surface area (Å²) in [7, 11) is 0. The topological polar surface area (TPSA) is 70.2 Å². The maximum atomic E-state index is 12.2. The summed E-state index contributed by atoms with van der Waals surface area (Å²) in [5.74, 6) is -0.0776. The van der Waals surface area contributed by atoms with Crippen LogP contribution in [-0.4, -0.2) is 24.9 Å². The average Bonchev–Trinajstić information content (AvgIpc) is 3.12. The molecule has 0 aliphatic carbocycles. The second-order valence-electron chi connectivity index (χ2n) is 6.08. The Hall–Kier alpha value is -2.66. The molecule has 24 heavy (non-hydrogen) atoms. The van der Waals surface area contributed by atoms with Gasteiger partial charge in [0.15, 0.2) is 0 Å². The molecule has 1 aliphatic heterocycles. The first-order valence-electron chi connectivity index (χ1n) is 8.11. The van der Waals surface area contributed by atoms with Gasteiger partial charge < -0.3 is 16.0 Å². The summed E-state index contributed by atoms with van der Waals surface area (Å²) in [6.07, 6.45) is 0.872. The summed E-state index contributed by atoms with van der Waals surface area (Å²) in [5, 5.41) is 8.94. The van der Waals surface area contributed by atoms with Crippen molar-refractivity contribution in [2.45, 2.75) is 13.3 Å². The molecule has 1 atom stereocenters. The first kappa shape index (κ1) is 16.2. The van der Waals surface area contributed by atoms with E-state index < -0.39 is 0 Å². The molecule has 2 aromatic rings. The fourth-order valence-electron chi connectivity index (χ4n) is 2.67. The fourth-order valence-corrected chi connectivity index (χ4v) is 2.67. The van der Waals surface area contributed by atoms with Crippen LogP contribution in [-0.2, 0) is 4.79 Å². The van der Waals surface area contributed by atoms with E-state index in [-0.39, 0.29) is 17.7 Å². The van der Waals surface area contributed by atoms with E-state index in [1.54, 1.807) is 36.4 Å². The molecule has 0 spiro atoms. The third-order valence-corrected chi connectivity index (χ3v) is 4.16. The van der Waals surface area contributed by atoms with Gasteiger partial charge in [0, 0.05) is 23.5 Å². The molecule has 0 aromatic heterocycles. The van der Waals surface area contributed by atoms with E-state index in [0.717, 1.165) is 30.8 Å². The van der Waals surface area contributed by atoms with E-state index in [4.69, 9.17) is 0 Å². The van der Waals surface area contributed by atoms with Crippen LogP contribution in [0.5, 0.6) is 0 Å². The Balaban J connectivity index is 1.58. The standard InChI is InChI=1S/C19H21N3O2/c1-13-2-4-14(5-3-13)18(23)21-16-6-8-17(9-7-16)22-19(24)15-10-11-20-12-15/h2-9,15,20H,10-12H2,1H3,(H,21,23)(H,22,24)/t15-/m1/s1. The van der Waals surface area contributed by atoms with Gasteiger partial charge in [-0.2, -0.15) is 0 Å². The maximum Gasteiger partial charge on any atom is 0.255 e. The highest BCUT2D eigenvalue weighted by Gasteiger charge is 2.22. The second kappa shape index (κ2) is 7.27. The van der Waals surface area contributed by atoms with Gasteiger partial charge in [-0.15, -0.1) is 0 Å².